The summed E-state index contributed by atoms with van der Waals surface area (Å²) in [6.07, 6.45) is 6.83. The minimum atomic E-state index is -0.564. The number of hydrogen-bond donors (Lipinski definition) is 2. The van der Waals surface area contributed by atoms with Crippen molar-refractivity contribution in [1.82, 2.24) is 0 Å². The van der Waals surface area contributed by atoms with Gasteiger partial charge < -0.3 is 10.2 Å². The molecule has 0 radical (unpaired) electrons. The number of carbonyl (C=O) groups is 2. The number of Topliss-reactive ketones (excluding diaryl/α,β-unsaturated/α-hetero) is 1. The zero-order valence-corrected chi connectivity index (χ0v) is 16.9. The Balaban J connectivity index is 1.77. The third kappa shape index (κ3) is 2.56. The van der Waals surface area contributed by atoms with E-state index in [1.54, 1.807) is 12.2 Å². The van der Waals surface area contributed by atoms with Crippen molar-refractivity contribution >= 4 is 23.2 Å². The van der Waals surface area contributed by atoms with Crippen LogP contribution in [0.5, 0.6) is 0 Å². The maximum Gasteiger partial charge on any atom is 0.178 e. The summed E-state index contributed by atoms with van der Waals surface area (Å²) in [5.74, 6) is 0.303. The third-order valence-electron chi connectivity index (χ3n) is 8.32. The van der Waals surface area contributed by atoms with Crippen LogP contribution in [0.1, 0.15) is 40.0 Å². The molecule has 5 heteroatoms. The first-order valence-electron chi connectivity index (χ1n) is 10.0. The van der Waals surface area contributed by atoms with Gasteiger partial charge in [-0.25, -0.2) is 0 Å². The van der Waals surface area contributed by atoms with Gasteiger partial charge in [0, 0.05) is 17.3 Å². The van der Waals surface area contributed by atoms with E-state index >= 15 is 0 Å². The molecule has 4 aliphatic carbocycles. The van der Waals surface area contributed by atoms with Crippen LogP contribution >= 0.6 is 11.6 Å². The number of aliphatic hydroxyl groups excluding tert-OH is 2. The van der Waals surface area contributed by atoms with E-state index in [9.17, 15) is 19.8 Å². The zero-order valence-electron chi connectivity index (χ0n) is 16.2. The fourth-order valence-electron chi connectivity index (χ4n) is 7.49. The SMILES string of the molecule is C[C@@H]1CC2C3C[C@H](Cl)C4=CC(=O)C=CC4(C)C3C(O)CC2(C)C1C(=O)CO. The lowest BCUT2D eigenvalue weighted by molar-refractivity contribution is -0.142. The fraction of sp³-hybridized carbons (Fsp3) is 0.727. The van der Waals surface area contributed by atoms with Crippen LogP contribution in [0.25, 0.3) is 0 Å². The fourth-order valence-corrected chi connectivity index (χ4v) is 7.99. The lowest BCUT2D eigenvalue weighted by atomic mass is 9.46. The van der Waals surface area contributed by atoms with Crippen molar-refractivity contribution in [3.8, 4) is 0 Å². The first-order valence-corrected chi connectivity index (χ1v) is 10.5. The number of halogens is 1. The highest BCUT2D eigenvalue weighted by Crippen LogP contribution is 2.67. The lowest BCUT2D eigenvalue weighted by Gasteiger charge is -2.59. The van der Waals surface area contributed by atoms with Crippen LogP contribution in [-0.2, 0) is 9.59 Å². The number of alkyl halides is 1. The maximum absolute atomic E-state index is 12.5. The van der Waals surface area contributed by atoms with Gasteiger partial charge in [0.1, 0.15) is 6.61 Å². The minimum Gasteiger partial charge on any atom is -0.393 e. The van der Waals surface area contributed by atoms with Gasteiger partial charge in [-0.15, -0.1) is 11.6 Å². The molecule has 0 aromatic heterocycles. The Kier molecular flexibility index (Phi) is 4.49. The number of hydrogen-bond acceptors (Lipinski definition) is 4. The van der Waals surface area contributed by atoms with Gasteiger partial charge >= 0.3 is 0 Å². The molecule has 4 nitrogen and oxygen atoms in total. The second-order valence-electron chi connectivity index (χ2n) is 9.71. The highest BCUT2D eigenvalue weighted by Gasteiger charge is 2.65. The van der Waals surface area contributed by atoms with Crippen molar-refractivity contribution in [3.05, 3.63) is 23.8 Å². The number of allylic oxidation sites excluding steroid dienone is 4. The summed E-state index contributed by atoms with van der Waals surface area (Å²) in [5, 5.41) is 20.5. The van der Waals surface area contributed by atoms with Crippen molar-refractivity contribution < 1.29 is 19.8 Å². The van der Waals surface area contributed by atoms with Crippen molar-refractivity contribution in [2.24, 2.45) is 40.4 Å². The molecule has 4 rings (SSSR count). The molecule has 0 amide bonds. The van der Waals surface area contributed by atoms with Crippen LogP contribution < -0.4 is 0 Å². The predicted octanol–water partition coefficient (Wildman–Crippen LogP) is 2.91. The normalized spacial score (nSPS) is 51.3. The second-order valence-corrected chi connectivity index (χ2v) is 10.2. The van der Waals surface area contributed by atoms with Crippen LogP contribution in [-0.4, -0.2) is 39.9 Å². The number of aliphatic hydroxyl groups is 2. The van der Waals surface area contributed by atoms with E-state index in [0.717, 1.165) is 18.4 Å². The molecule has 3 fully saturated rings. The number of carbonyl (C=O) groups excluding carboxylic acids is 2. The molecule has 0 spiro atoms. The largest absolute Gasteiger partial charge is 0.393 e. The molecule has 2 N–H and O–H groups in total. The Hall–Kier alpha value is -0.970. The van der Waals surface area contributed by atoms with E-state index in [2.05, 4.69) is 20.8 Å². The van der Waals surface area contributed by atoms with E-state index in [4.69, 9.17) is 11.6 Å². The Labute approximate surface area is 165 Å². The summed E-state index contributed by atoms with van der Waals surface area (Å²) in [5.41, 5.74) is 0.184. The molecule has 3 saturated carbocycles. The lowest BCUT2D eigenvalue weighted by Crippen LogP contribution is -2.58. The topological polar surface area (TPSA) is 74.6 Å². The van der Waals surface area contributed by atoms with Gasteiger partial charge in [0.25, 0.3) is 0 Å². The van der Waals surface area contributed by atoms with Gasteiger partial charge in [-0.05, 0) is 60.2 Å². The molecule has 0 aromatic carbocycles. The van der Waals surface area contributed by atoms with Crippen LogP contribution in [0.15, 0.2) is 23.8 Å². The van der Waals surface area contributed by atoms with E-state index in [-0.39, 0.29) is 51.9 Å². The average Bonchev–Trinajstić information content (AvgIpc) is 2.85. The van der Waals surface area contributed by atoms with Crippen LogP contribution in [0.2, 0.25) is 0 Å². The Morgan fingerprint density at radius 3 is 2.70 bits per heavy atom. The van der Waals surface area contributed by atoms with Crippen LogP contribution in [0.3, 0.4) is 0 Å². The molecular formula is C22H29ClO4. The van der Waals surface area contributed by atoms with Gasteiger partial charge in [-0.3, -0.25) is 9.59 Å². The van der Waals surface area contributed by atoms with E-state index in [0.29, 0.717) is 6.42 Å². The molecule has 148 valence electrons. The maximum atomic E-state index is 12.5. The van der Waals surface area contributed by atoms with Gasteiger partial charge in [0.15, 0.2) is 11.6 Å². The first-order chi connectivity index (χ1) is 12.6. The molecule has 4 aliphatic rings. The minimum absolute atomic E-state index is 0.00338. The zero-order chi connectivity index (χ0) is 19.7. The molecule has 0 saturated heterocycles. The van der Waals surface area contributed by atoms with E-state index in [1.807, 2.05) is 6.08 Å². The molecule has 27 heavy (non-hydrogen) atoms. The Morgan fingerprint density at radius 1 is 1.33 bits per heavy atom. The van der Waals surface area contributed by atoms with Crippen molar-refractivity contribution in [2.75, 3.05) is 6.61 Å². The highest BCUT2D eigenvalue weighted by molar-refractivity contribution is 6.23. The van der Waals surface area contributed by atoms with Crippen molar-refractivity contribution in [2.45, 2.75) is 51.5 Å². The summed E-state index contributed by atoms with van der Waals surface area (Å²) in [6, 6.07) is 0. The van der Waals surface area contributed by atoms with E-state index < -0.39 is 18.1 Å². The quantitative estimate of drug-likeness (QED) is 0.708. The second kappa shape index (κ2) is 6.27. The molecule has 0 aliphatic heterocycles. The van der Waals surface area contributed by atoms with Crippen LogP contribution in [0.4, 0.5) is 0 Å². The number of ketones is 2. The Morgan fingerprint density at radius 2 is 2.04 bits per heavy atom. The molecular weight excluding hydrogens is 364 g/mol. The number of rotatable bonds is 2. The first kappa shape index (κ1) is 19.4. The van der Waals surface area contributed by atoms with Crippen molar-refractivity contribution in [3.63, 3.8) is 0 Å². The summed E-state index contributed by atoms with van der Waals surface area (Å²) in [4.78, 5) is 24.5. The van der Waals surface area contributed by atoms with Gasteiger partial charge in [-0.2, -0.15) is 0 Å². The average molecular weight is 393 g/mol. The van der Waals surface area contributed by atoms with Crippen molar-refractivity contribution in [1.29, 1.82) is 0 Å². The molecule has 7 unspecified atom stereocenters. The molecule has 9 atom stereocenters. The van der Waals surface area contributed by atoms with Crippen LogP contribution in [0, 0.1) is 40.4 Å². The number of fused-ring (bicyclic) bond motifs is 5. The monoisotopic (exact) mass is 392 g/mol. The summed E-state index contributed by atoms with van der Waals surface area (Å²) >= 11 is 6.77. The smallest absolute Gasteiger partial charge is 0.178 e. The molecule has 0 aromatic rings. The third-order valence-corrected chi connectivity index (χ3v) is 8.73. The predicted molar refractivity (Wildman–Crippen MR) is 103 cm³/mol. The standard InChI is InChI=1S/C22H29ClO4/c1-11-6-14-13-8-16(23)15-7-12(25)4-5-21(15,2)20(13)17(26)9-22(14,3)19(11)18(27)10-24/h4-5,7,11,13-14,16-17,19-20,24,26H,6,8-10H2,1-3H3/t11-,13?,14?,16+,17?,19?,20?,21?,22?/m1/s1. The molecule has 0 heterocycles. The van der Waals surface area contributed by atoms with Gasteiger partial charge in [-0.1, -0.05) is 26.8 Å². The van der Waals surface area contributed by atoms with E-state index in [1.165, 1.54) is 0 Å². The highest BCUT2D eigenvalue weighted by atomic mass is 35.5. The summed E-state index contributed by atoms with van der Waals surface area (Å²) in [7, 11) is 0. The summed E-state index contributed by atoms with van der Waals surface area (Å²) in [6.45, 7) is 5.87. The Bertz CT molecular complexity index is 743. The van der Waals surface area contributed by atoms with Gasteiger partial charge in [0.2, 0.25) is 0 Å². The molecule has 0 bridgehead atoms. The van der Waals surface area contributed by atoms with Gasteiger partial charge in [0.05, 0.1) is 11.5 Å². The summed E-state index contributed by atoms with van der Waals surface area (Å²) < 4.78 is 0.